The van der Waals surface area contributed by atoms with Crippen LogP contribution < -0.4 is 15.1 Å². The number of rotatable bonds is 7. The zero-order chi connectivity index (χ0) is 23.2. The summed E-state index contributed by atoms with van der Waals surface area (Å²) < 4.78 is 14.2. The molecule has 4 rings (SSSR count). The van der Waals surface area contributed by atoms with Crippen LogP contribution in [0.3, 0.4) is 0 Å². The first-order valence-corrected chi connectivity index (χ1v) is 11.3. The average Bonchev–Trinajstić information content (AvgIpc) is 2.85. The van der Waals surface area contributed by atoms with Crippen molar-refractivity contribution in [3.8, 4) is 6.07 Å². The molecule has 1 aliphatic rings. The summed E-state index contributed by atoms with van der Waals surface area (Å²) >= 11 is 0. The quantitative estimate of drug-likeness (QED) is 0.558. The summed E-state index contributed by atoms with van der Waals surface area (Å²) in [5, 5.41) is 12.7. The molecule has 0 unspecified atom stereocenters. The molecule has 0 bridgehead atoms. The van der Waals surface area contributed by atoms with Gasteiger partial charge in [0.05, 0.1) is 22.8 Å². The number of benzene rings is 2. The lowest BCUT2D eigenvalue weighted by atomic mass is 10.0. The van der Waals surface area contributed by atoms with E-state index in [0.717, 1.165) is 12.8 Å². The summed E-state index contributed by atoms with van der Waals surface area (Å²) in [6.07, 6.45) is 1.79. The van der Waals surface area contributed by atoms with E-state index in [1.807, 2.05) is 47.1 Å². The summed E-state index contributed by atoms with van der Waals surface area (Å²) in [4.78, 5) is 26.4. The number of aromatic nitrogens is 2. The van der Waals surface area contributed by atoms with Crippen molar-refractivity contribution >= 4 is 28.4 Å². The first-order chi connectivity index (χ1) is 16.1. The molecular weight excluding hydrogens is 419 g/mol. The molecule has 1 fully saturated rings. The monoisotopic (exact) mass is 446 g/mol. The van der Waals surface area contributed by atoms with Crippen LogP contribution in [0.5, 0.6) is 0 Å². The number of amides is 1. The number of nitriles is 1. The number of hydrogen-bond donors (Lipinski definition) is 1. The highest BCUT2D eigenvalue weighted by atomic mass is 19.1. The predicted octanol–water partition coefficient (Wildman–Crippen LogP) is 3.62. The van der Waals surface area contributed by atoms with Crippen LogP contribution in [-0.2, 0) is 4.79 Å². The summed E-state index contributed by atoms with van der Waals surface area (Å²) in [5.41, 5.74) is 2.29. The second-order valence-corrected chi connectivity index (χ2v) is 8.05. The Bertz CT molecular complexity index is 1170. The van der Waals surface area contributed by atoms with E-state index in [0.29, 0.717) is 61.0 Å². The lowest BCUT2D eigenvalue weighted by Gasteiger charge is -2.37. The smallest absolute Gasteiger partial charge is 0.243 e. The van der Waals surface area contributed by atoms with Crippen LogP contribution in [-0.4, -0.2) is 48.6 Å². The molecular formula is C25H27FN6O. The highest BCUT2D eigenvalue weighted by Crippen LogP contribution is 2.29. The lowest BCUT2D eigenvalue weighted by Crippen LogP contribution is -2.47. The minimum atomic E-state index is -1.06. The van der Waals surface area contributed by atoms with Gasteiger partial charge < -0.3 is 15.1 Å². The Morgan fingerprint density at radius 2 is 1.70 bits per heavy atom. The normalized spacial score (nSPS) is 14.7. The number of carbonyl (C=O) groups excluding carboxylic acids is 1. The van der Waals surface area contributed by atoms with E-state index in [9.17, 15) is 14.4 Å². The van der Waals surface area contributed by atoms with Gasteiger partial charge in [0.15, 0.2) is 11.7 Å². The molecule has 0 spiro atoms. The summed E-state index contributed by atoms with van der Waals surface area (Å²) in [7, 11) is 0. The fourth-order valence-corrected chi connectivity index (χ4v) is 4.03. The van der Waals surface area contributed by atoms with E-state index in [1.54, 1.807) is 12.1 Å². The van der Waals surface area contributed by atoms with Crippen molar-refractivity contribution in [2.75, 3.05) is 42.5 Å². The molecule has 170 valence electrons. The first-order valence-electron chi connectivity index (χ1n) is 11.3. The van der Waals surface area contributed by atoms with E-state index in [-0.39, 0.29) is 11.7 Å². The summed E-state index contributed by atoms with van der Waals surface area (Å²) in [6.45, 7) is 4.89. The molecule has 8 heteroatoms. The molecule has 2 heterocycles. The molecule has 7 nitrogen and oxygen atoms in total. The standard InChI is InChI=1S/C25H27FN6O/c1-2-3-12-28-25(33)18(17-27)23-24(30-21-10-6-5-9-20(21)29-23)32-15-13-31(14-16-32)22-11-7-4-8-19(22)26/h4-11,18H,2-3,12-16H2,1H3,(H,28,33)/t18-/m1/s1. The van der Waals surface area contributed by atoms with Crippen LogP contribution in [0.1, 0.15) is 31.4 Å². The number of anilines is 2. The van der Waals surface area contributed by atoms with Crippen molar-refractivity contribution in [1.29, 1.82) is 5.26 Å². The fourth-order valence-electron chi connectivity index (χ4n) is 4.03. The second kappa shape index (κ2) is 10.3. The third kappa shape index (κ3) is 4.87. The van der Waals surface area contributed by atoms with Crippen LogP contribution in [0.2, 0.25) is 0 Å². The van der Waals surface area contributed by atoms with Crippen molar-refractivity contribution in [2.45, 2.75) is 25.7 Å². The molecule has 2 aromatic carbocycles. The Labute approximate surface area is 192 Å². The van der Waals surface area contributed by atoms with Crippen molar-refractivity contribution in [3.63, 3.8) is 0 Å². The van der Waals surface area contributed by atoms with Gasteiger partial charge in [0.2, 0.25) is 5.91 Å². The van der Waals surface area contributed by atoms with Crippen molar-refractivity contribution in [3.05, 3.63) is 60.0 Å². The molecule has 0 radical (unpaired) electrons. The van der Waals surface area contributed by atoms with E-state index >= 15 is 0 Å². The van der Waals surface area contributed by atoms with Gasteiger partial charge in [-0.1, -0.05) is 37.6 Å². The van der Waals surface area contributed by atoms with Gasteiger partial charge in [0, 0.05) is 32.7 Å². The van der Waals surface area contributed by atoms with Crippen molar-refractivity contribution in [1.82, 2.24) is 15.3 Å². The molecule has 1 saturated heterocycles. The molecule has 1 atom stereocenters. The number of carbonyl (C=O) groups is 1. The Kier molecular flexibility index (Phi) is 6.98. The van der Waals surface area contributed by atoms with Crippen LogP contribution in [0.25, 0.3) is 11.0 Å². The maximum atomic E-state index is 14.2. The molecule has 33 heavy (non-hydrogen) atoms. The third-order valence-corrected chi connectivity index (χ3v) is 5.84. The zero-order valence-corrected chi connectivity index (χ0v) is 18.7. The number of piperazine rings is 1. The average molecular weight is 447 g/mol. The summed E-state index contributed by atoms with van der Waals surface area (Å²) in [5.74, 6) is -1.12. The molecule has 1 aliphatic heterocycles. The molecule has 0 saturated carbocycles. The second-order valence-electron chi connectivity index (χ2n) is 8.05. The maximum Gasteiger partial charge on any atom is 0.243 e. The Morgan fingerprint density at radius 1 is 1.06 bits per heavy atom. The number of nitrogens with zero attached hydrogens (tertiary/aromatic N) is 5. The highest BCUT2D eigenvalue weighted by Gasteiger charge is 2.30. The number of hydrogen-bond acceptors (Lipinski definition) is 6. The Morgan fingerprint density at radius 3 is 2.36 bits per heavy atom. The third-order valence-electron chi connectivity index (χ3n) is 5.84. The highest BCUT2D eigenvalue weighted by molar-refractivity contribution is 5.88. The number of fused-ring (bicyclic) bond motifs is 1. The van der Waals surface area contributed by atoms with Crippen molar-refractivity contribution in [2.24, 2.45) is 0 Å². The summed E-state index contributed by atoms with van der Waals surface area (Å²) in [6, 6.07) is 16.3. The van der Waals surface area contributed by atoms with Crippen molar-refractivity contribution < 1.29 is 9.18 Å². The molecule has 1 N–H and O–H groups in total. The van der Waals surface area contributed by atoms with Gasteiger partial charge in [-0.15, -0.1) is 0 Å². The van der Waals surface area contributed by atoms with Gasteiger partial charge >= 0.3 is 0 Å². The van der Waals surface area contributed by atoms with Gasteiger partial charge in [-0.3, -0.25) is 4.79 Å². The molecule has 0 aliphatic carbocycles. The topological polar surface area (TPSA) is 85.1 Å². The van der Waals surface area contributed by atoms with E-state index in [2.05, 4.69) is 11.4 Å². The van der Waals surface area contributed by atoms with E-state index in [4.69, 9.17) is 9.97 Å². The van der Waals surface area contributed by atoms with Crippen LogP contribution in [0.15, 0.2) is 48.5 Å². The largest absolute Gasteiger partial charge is 0.366 e. The Balaban J connectivity index is 1.63. The van der Waals surface area contributed by atoms with Gasteiger partial charge in [0.1, 0.15) is 11.5 Å². The predicted molar refractivity (Wildman–Crippen MR) is 127 cm³/mol. The van der Waals surface area contributed by atoms with Gasteiger partial charge in [-0.25, -0.2) is 14.4 Å². The number of halogens is 1. The van der Waals surface area contributed by atoms with Gasteiger partial charge in [0.25, 0.3) is 0 Å². The van der Waals surface area contributed by atoms with E-state index in [1.165, 1.54) is 6.07 Å². The molecule has 1 amide bonds. The van der Waals surface area contributed by atoms with E-state index < -0.39 is 5.92 Å². The van der Waals surface area contributed by atoms with Crippen LogP contribution in [0.4, 0.5) is 15.9 Å². The maximum absolute atomic E-state index is 14.2. The lowest BCUT2D eigenvalue weighted by molar-refractivity contribution is -0.121. The minimum absolute atomic E-state index is 0.245. The first kappa shape index (κ1) is 22.5. The number of nitrogens with one attached hydrogen (secondary N) is 1. The zero-order valence-electron chi connectivity index (χ0n) is 18.7. The number of para-hydroxylation sites is 3. The van der Waals surface area contributed by atoms with Crippen LogP contribution >= 0.6 is 0 Å². The molecule has 3 aromatic rings. The van der Waals surface area contributed by atoms with Gasteiger partial charge in [-0.05, 0) is 30.7 Å². The fraction of sp³-hybridized carbons (Fsp3) is 0.360. The molecule has 1 aromatic heterocycles. The Hall–Kier alpha value is -3.73. The minimum Gasteiger partial charge on any atom is -0.366 e. The number of unbranched alkanes of at least 4 members (excludes halogenated alkanes) is 1. The SMILES string of the molecule is CCCCNC(=O)[C@H](C#N)c1nc2ccccc2nc1N1CCN(c2ccccc2F)CC1. The van der Waals surface area contributed by atoms with Crippen LogP contribution in [0, 0.1) is 17.1 Å². The van der Waals surface area contributed by atoms with Gasteiger partial charge in [-0.2, -0.15) is 5.26 Å².